The average Bonchev–Trinajstić information content (AvgIpc) is 3.51. The molecule has 1 fully saturated rings. The van der Waals surface area contributed by atoms with Crippen LogP contribution in [0.2, 0.25) is 5.82 Å². The molecule has 2 unspecified atom stereocenters. The van der Waals surface area contributed by atoms with Crippen LogP contribution in [-0.4, -0.2) is 57.8 Å². The van der Waals surface area contributed by atoms with Gasteiger partial charge in [0.25, 0.3) is 0 Å². The highest BCUT2D eigenvalue weighted by atomic mass is 32.2. The molecule has 1 amide bonds. The number of hydrogen-bond acceptors (Lipinski definition) is 6. The molecule has 2 radical (unpaired) electrons. The maximum Gasteiger partial charge on any atom is 0.235 e. The van der Waals surface area contributed by atoms with Crippen molar-refractivity contribution >= 4 is 35.2 Å². The number of aromatic hydroxyl groups is 2. The molecule has 1 saturated carbocycles. The molecule has 0 aromatic heterocycles. The van der Waals surface area contributed by atoms with Crippen molar-refractivity contribution in [3.63, 3.8) is 0 Å². The van der Waals surface area contributed by atoms with Crippen LogP contribution in [0, 0.1) is 5.41 Å². The van der Waals surface area contributed by atoms with Gasteiger partial charge >= 0.3 is 0 Å². The third kappa shape index (κ3) is 5.49. The molecule has 2 atom stereocenters. The van der Waals surface area contributed by atoms with Crippen LogP contribution >= 0.6 is 0 Å². The lowest BCUT2D eigenvalue weighted by Crippen LogP contribution is -2.44. The lowest BCUT2D eigenvalue weighted by molar-refractivity contribution is -0.118. The van der Waals surface area contributed by atoms with Crippen molar-refractivity contribution in [2.24, 2.45) is 5.41 Å². The van der Waals surface area contributed by atoms with Gasteiger partial charge in [0, 0.05) is 30.5 Å². The number of benzene rings is 2. The molecular formula is C26H34BN3O5S. The van der Waals surface area contributed by atoms with Crippen LogP contribution in [-0.2, 0) is 26.7 Å². The van der Waals surface area contributed by atoms with Gasteiger partial charge in [0.2, 0.25) is 15.9 Å². The molecule has 192 valence electrons. The Morgan fingerprint density at radius 2 is 1.86 bits per heavy atom. The van der Waals surface area contributed by atoms with Crippen LogP contribution in [0.1, 0.15) is 44.7 Å². The summed E-state index contributed by atoms with van der Waals surface area (Å²) in [7, 11) is 2.97. The molecule has 8 nitrogen and oxygen atoms in total. The first kappa shape index (κ1) is 26.4. The Hall–Kier alpha value is -2.72. The van der Waals surface area contributed by atoms with Crippen molar-refractivity contribution < 1.29 is 23.4 Å². The standard InChI is InChI=1S/C26H34BN3O5S/c1-25(2,3)23-12-16-11-19(6-7-20(16)30(23)15-18(27)14-28-36(4,34)35)29-24(33)26(9-10-26)17-5-8-21(31)22(32)13-17/h5-8,11,13,18,23,28,31-32H,9-10,12,14-15H2,1-4H3,(H,29,33). The summed E-state index contributed by atoms with van der Waals surface area (Å²) in [6.45, 7) is 7.16. The van der Waals surface area contributed by atoms with Gasteiger partial charge in [-0.1, -0.05) is 26.8 Å². The number of nitrogens with zero attached hydrogens (tertiary/aromatic N) is 1. The topological polar surface area (TPSA) is 119 Å². The van der Waals surface area contributed by atoms with E-state index in [1.54, 1.807) is 6.07 Å². The molecule has 4 rings (SSSR count). The number of carbonyl (C=O) groups excluding carboxylic acids is 1. The Balaban J connectivity index is 1.52. The van der Waals surface area contributed by atoms with E-state index < -0.39 is 15.4 Å². The van der Waals surface area contributed by atoms with E-state index in [2.05, 4.69) is 35.7 Å². The van der Waals surface area contributed by atoms with E-state index in [-0.39, 0.29) is 41.2 Å². The molecule has 1 aliphatic carbocycles. The van der Waals surface area contributed by atoms with Gasteiger partial charge in [-0.3, -0.25) is 4.79 Å². The van der Waals surface area contributed by atoms with Crippen LogP contribution in [0.15, 0.2) is 36.4 Å². The highest BCUT2D eigenvalue weighted by molar-refractivity contribution is 7.88. The number of amides is 1. The highest BCUT2D eigenvalue weighted by Gasteiger charge is 2.51. The first-order chi connectivity index (χ1) is 16.7. The average molecular weight is 511 g/mol. The van der Waals surface area contributed by atoms with Crippen LogP contribution < -0.4 is 14.9 Å². The van der Waals surface area contributed by atoms with Gasteiger partial charge < -0.3 is 20.4 Å². The van der Waals surface area contributed by atoms with E-state index in [9.17, 15) is 23.4 Å². The van der Waals surface area contributed by atoms with Gasteiger partial charge in [-0.2, -0.15) is 0 Å². The van der Waals surface area contributed by atoms with Crippen molar-refractivity contribution in [1.82, 2.24) is 4.72 Å². The van der Waals surface area contributed by atoms with Gasteiger partial charge in [0.15, 0.2) is 11.5 Å². The Kier molecular flexibility index (Phi) is 6.81. The van der Waals surface area contributed by atoms with Gasteiger partial charge in [0.05, 0.1) is 19.5 Å². The van der Waals surface area contributed by atoms with Crippen molar-refractivity contribution in [3.05, 3.63) is 47.5 Å². The second-order valence-corrected chi connectivity index (χ2v) is 13.0. The van der Waals surface area contributed by atoms with Crippen LogP contribution in [0.4, 0.5) is 11.4 Å². The summed E-state index contributed by atoms with van der Waals surface area (Å²) in [5, 5.41) is 22.6. The molecule has 36 heavy (non-hydrogen) atoms. The number of anilines is 2. The Bertz CT molecular complexity index is 1270. The summed E-state index contributed by atoms with van der Waals surface area (Å²) in [6, 6.07) is 10.6. The van der Waals surface area contributed by atoms with Crippen LogP contribution in [0.25, 0.3) is 0 Å². The fraction of sp³-hybridized carbons (Fsp3) is 0.500. The molecule has 0 bridgehead atoms. The number of phenols is 2. The van der Waals surface area contributed by atoms with Crippen molar-refractivity contribution in [3.8, 4) is 11.5 Å². The minimum atomic E-state index is -3.32. The van der Waals surface area contributed by atoms with Crippen LogP contribution in [0.3, 0.4) is 0 Å². The van der Waals surface area contributed by atoms with E-state index in [4.69, 9.17) is 7.85 Å². The number of fused-ring (bicyclic) bond motifs is 1. The second-order valence-electron chi connectivity index (χ2n) is 11.2. The number of hydrogen-bond donors (Lipinski definition) is 4. The largest absolute Gasteiger partial charge is 0.504 e. The number of sulfonamides is 1. The lowest BCUT2D eigenvalue weighted by Gasteiger charge is -2.38. The summed E-state index contributed by atoms with van der Waals surface area (Å²) in [5.74, 6) is -0.962. The smallest absolute Gasteiger partial charge is 0.235 e. The van der Waals surface area contributed by atoms with Crippen molar-refractivity contribution in [1.29, 1.82) is 0 Å². The van der Waals surface area contributed by atoms with Gasteiger partial charge in [-0.05, 0) is 72.0 Å². The molecule has 2 aromatic carbocycles. The fourth-order valence-corrected chi connectivity index (χ4v) is 5.53. The van der Waals surface area contributed by atoms with E-state index in [1.807, 2.05) is 18.2 Å². The third-order valence-electron chi connectivity index (χ3n) is 7.19. The monoisotopic (exact) mass is 511 g/mol. The summed E-state index contributed by atoms with van der Waals surface area (Å²) >= 11 is 0. The van der Waals surface area contributed by atoms with E-state index in [0.29, 0.717) is 30.6 Å². The first-order valence-corrected chi connectivity index (χ1v) is 14.0. The zero-order chi connectivity index (χ0) is 26.5. The summed E-state index contributed by atoms with van der Waals surface area (Å²) in [5.41, 5.74) is 2.77. The summed E-state index contributed by atoms with van der Waals surface area (Å²) in [4.78, 5) is 15.5. The van der Waals surface area contributed by atoms with E-state index >= 15 is 0 Å². The molecule has 0 spiro atoms. The molecule has 2 aliphatic rings. The molecule has 4 N–H and O–H groups in total. The highest BCUT2D eigenvalue weighted by Crippen LogP contribution is 2.50. The Labute approximate surface area is 214 Å². The summed E-state index contributed by atoms with van der Waals surface area (Å²) < 4.78 is 25.4. The maximum absolute atomic E-state index is 13.2. The zero-order valence-corrected chi connectivity index (χ0v) is 22.0. The molecule has 0 saturated heterocycles. The quantitative estimate of drug-likeness (QED) is 0.320. The van der Waals surface area contributed by atoms with E-state index in [0.717, 1.165) is 23.9 Å². The van der Waals surface area contributed by atoms with Crippen molar-refractivity contribution in [2.75, 3.05) is 29.6 Å². The minimum absolute atomic E-state index is 0.0502. The second kappa shape index (κ2) is 9.30. The number of nitrogens with one attached hydrogen (secondary N) is 2. The first-order valence-electron chi connectivity index (χ1n) is 12.1. The Morgan fingerprint density at radius 1 is 1.17 bits per heavy atom. The summed E-state index contributed by atoms with van der Waals surface area (Å²) in [6.07, 6.45) is 3.25. The van der Waals surface area contributed by atoms with E-state index in [1.165, 1.54) is 12.1 Å². The molecule has 1 heterocycles. The van der Waals surface area contributed by atoms with Crippen molar-refractivity contribution in [2.45, 2.75) is 57.3 Å². The minimum Gasteiger partial charge on any atom is -0.504 e. The van der Waals surface area contributed by atoms with Crippen LogP contribution in [0.5, 0.6) is 11.5 Å². The number of phenolic OH excluding ortho intramolecular Hbond substituents is 2. The fourth-order valence-electron chi connectivity index (χ4n) is 5.01. The normalized spacial score (nSPS) is 19.6. The SMILES string of the molecule is [B]C(CNS(C)(=O)=O)CN1c2ccc(NC(=O)C3(c4ccc(O)c(O)c4)CC3)cc2CC1C(C)(C)C. The zero-order valence-electron chi connectivity index (χ0n) is 21.2. The maximum atomic E-state index is 13.2. The molecule has 10 heteroatoms. The predicted molar refractivity (Wildman–Crippen MR) is 142 cm³/mol. The third-order valence-corrected chi connectivity index (χ3v) is 7.88. The lowest BCUT2D eigenvalue weighted by atomic mass is 9.82. The number of rotatable bonds is 8. The van der Waals surface area contributed by atoms with Gasteiger partial charge in [0.1, 0.15) is 0 Å². The molecule has 2 aromatic rings. The Morgan fingerprint density at radius 3 is 2.44 bits per heavy atom. The van der Waals surface area contributed by atoms with Gasteiger partial charge in [-0.25, -0.2) is 13.1 Å². The number of carbonyl (C=O) groups is 1. The molecular weight excluding hydrogens is 477 g/mol. The molecule has 1 aliphatic heterocycles. The predicted octanol–water partition coefficient (Wildman–Crippen LogP) is 3.05. The van der Waals surface area contributed by atoms with Gasteiger partial charge in [-0.15, -0.1) is 0 Å².